The lowest BCUT2D eigenvalue weighted by atomic mass is 10.1. The van der Waals surface area contributed by atoms with Gasteiger partial charge in [-0.25, -0.2) is 0 Å². The van der Waals surface area contributed by atoms with Gasteiger partial charge in [0.2, 0.25) is 5.91 Å². The number of methoxy groups -OCH3 is 2. The van der Waals surface area contributed by atoms with Crippen LogP contribution in [0.25, 0.3) is 0 Å². The second-order valence-electron chi connectivity index (χ2n) is 5.40. The van der Waals surface area contributed by atoms with Crippen molar-refractivity contribution in [1.29, 1.82) is 0 Å². The summed E-state index contributed by atoms with van der Waals surface area (Å²) in [5.74, 6) is 1.41. The van der Waals surface area contributed by atoms with Crippen LogP contribution in [0.3, 0.4) is 0 Å². The lowest BCUT2D eigenvalue weighted by Crippen LogP contribution is -2.25. The number of hydrogen-bond acceptors (Lipinski definition) is 4. The number of benzene rings is 1. The molecule has 1 N–H and O–H groups in total. The molecule has 2 aromatic rings. The summed E-state index contributed by atoms with van der Waals surface area (Å²) in [4.78, 5) is 12.2. The fourth-order valence-corrected chi connectivity index (χ4v) is 2.51. The molecule has 0 atom stereocenters. The summed E-state index contributed by atoms with van der Waals surface area (Å²) in [6.45, 7) is 4.27. The number of amides is 1. The Kier molecular flexibility index (Phi) is 5.26. The van der Waals surface area contributed by atoms with Gasteiger partial charge in [0.15, 0.2) is 0 Å². The maximum absolute atomic E-state index is 12.2. The smallest absolute Gasteiger partial charge is 0.224 e. The van der Waals surface area contributed by atoms with Crippen molar-refractivity contribution in [3.63, 3.8) is 0 Å². The second-order valence-corrected chi connectivity index (χ2v) is 5.40. The molecule has 1 heterocycles. The molecule has 0 aliphatic carbocycles. The van der Waals surface area contributed by atoms with Gasteiger partial charge in [0.25, 0.3) is 0 Å². The number of hydrogen-bond donors (Lipinski definition) is 1. The monoisotopic (exact) mass is 317 g/mol. The third-order valence-electron chi connectivity index (χ3n) is 3.96. The molecule has 0 spiro atoms. The largest absolute Gasteiger partial charge is 0.497 e. The third-order valence-corrected chi connectivity index (χ3v) is 3.96. The fourth-order valence-electron chi connectivity index (χ4n) is 2.51. The van der Waals surface area contributed by atoms with Crippen molar-refractivity contribution < 1.29 is 14.3 Å². The predicted octanol–water partition coefficient (Wildman–Crippen LogP) is 1.91. The van der Waals surface area contributed by atoms with Crippen molar-refractivity contribution in [1.82, 2.24) is 15.1 Å². The molecule has 0 unspecified atom stereocenters. The summed E-state index contributed by atoms with van der Waals surface area (Å²) in [6.07, 6.45) is 0.317. The first-order valence-corrected chi connectivity index (χ1v) is 7.43. The van der Waals surface area contributed by atoms with Crippen LogP contribution in [0.4, 0.5) is 0 Å². The number of nitrogens with zero attached hydrogens (tertiary/aromatic N) is 2. The lowest BCUT2D eigenvalue weighted by molar-refractivity contribution is -0.120. The summed E-state index contributed by atoms with van der Waals surface area (Å²) in [6, 6.07) is 5.52. The standard InChI is InChI=1S/C17H23N3O3/c1-11-15(12(2)20(3)19-11)9-17(21)18-10-13-8-14(22-4)6-7-16(13)23-5/h6-8H,9-10H2,1-5H3,(H,18,21). The van der Waals surface area contributed by atoms with Crippen molar-refractivity contribution in [2.75, 3.05) is 14.2 Å². The van der Waals surface area contributed by atoms with E-state index in [0.29, 0.717) is 13.0 Å². The van der Waals surface area contributed by atoms with E-state index in [2.05, 4.69) is 10.4 Å². The molecule has 0 bridgehead atoms. The number of rotatable bonds is 6. The maximum Gasteiger partial charge on any atom is 0.224 e. The molecular formula is C17H23N3O3. The third kappa shape index (κ3) is 3.83. The maximum atomic E-state index is 12.2. The molecule has 0 aliphatic heterocycles. The second kappa shape index (κ2) is 7.17. The molecule has 0 aliphatic rings. The van der Waals surface area contributed by atoms with Gasteiger partial charge in [-0.05, 0) is 32.0 Å². The van der Waals surface area contributed by atoms with Gasteiger partial charge in [-0.3, -0.25) is 9.48 Å². The highest BCUT2D eigenvalue weighted by Gasteiger charge is 2.14. The summed E-state index contributed by atoms with van der Waals surface area (Å²) >= 11 is 0. The average Bonchev–Trinajstić information content (AvgIpc) is 2.78. The Morgan fingerprint density at radius 1 is 1.26 bits per heavy atom. The van der Waals surface area contributed by atoms with Gasteiger partial charge in [0, 0.05) is 30.4 Å². The van der Waals surface area contributed by atoms with Crippen LogP contribution in [0.2, 0.25) is 0 Å². The Morgan fingerprint density at radius 2 is 2.00 bits per heavy atom. The predicted molar refractivity (Wildman–Crippen MR) is 87.8 cm³/mol. The van der Waals surface area contributed by atoms with Crippen molar-refractivity contribution in [2.24, 2.45) is 7.05 Å². The van der Waals surface area contributed by atoms with Gasteiger partial charge in [-0.2, -0.15) is 5.10 Å². The Hall–Kier alpha value is -2.50. The van der Waals surface area contributed by atoms with E-state index in [1.54, 1.807) is 18.9 Å². The van der Waals surface area contributed by atoms with Gasteiger partial charge in [0.1, 0.15) is 11.5 Å². The Labute approximate surface area is 136 Å². The zero-order valence-electron chi connectivity index (χ0n) is 14.3. The fraction of sp³-hybridized carbons (Fsp3) is 0.412. The minimum absolute atomic E-state index is 0.0472. The highest BCUT2D eigenvalue weighted by Crippen LogP contribution is 2.23. The van der Waals surface area contributed by atoms with E-state index in [1.165, 1.54) is 0 Å². The molecule has 0 saturated carbocycles. The minimum Gasteiger partial charge on any atom is -0.497 e. The number of carbonyl (C=O) groups is 1. The first kappa shape index (κ1) is 16.9. The van der Waals surface area contributed by atoms with E-state index in [0.717, 1.165) is 34.0 Å². The van der Waals surface area contributed by atoms with E-state index in [-0.39, 0.29) is 5.91 Å². The highest BCUT2D eigenvalue weighted by molar-refractivity contribution is 5.79. The van der Waals surface area contributed by atoms with Crippen LogP contribution in [0.5, 0.6) is 11.5 Å². The normalized spacial score (nSPS) is 10.5. The van der Waals surface area contributed by atoms with Gasteiger partial charge in [-0.15, -0.1) is 0 Å². The van der Waals surface area contributed by atoms with Crippen LogP contribution in [0.1, 0.15) is 22.5 Å². The van der Waals surface area contributed by atoms with E-state index in [1.807, 2.05) is 39.1 Å². The molecular weight excluding hydrogens is 294 g/mol. The molecule has 124 valence electrons. The van der Waals surface area contributed by atoms with E-state index in [4.69, 9.17) is 9.47 Å². The number of ether oxygens (including phenoxy) is 2. The molecule has 0 saturated heterocycles. The van der Waals surface area contributed by atoms with Crippen LogP contribution >= 0.6 is 0 Å². The first-order valence-electron chi connectivity index (χ1n) is 7.43. The SMILES string of the molecule is COc1ccc(OC)c(CNC(=O)Cc2c(C)nn(C)c2C)c1. The quantitative estimate of drug-likeness (QED) is 0.884. The number of nitrogens with one attached hydrogen (secondary N) is 1. The molecule has 23 heavy (non-hydrogen) atoms. The zero-order chi connectivity index (χ0) is 17.0. The van der Waals surface area contributed by atoms with Crippen LogP contribution in [-0.4, -0.2) is 29.9 Å². The molecule has 6 nitrogen and oxygen atoms in total. The van der Waals surface area contributed by atoms with Crippen LogP contribution in [0.15, 0.2) is 18.2 Å². The topological polar surface area (TPSA) is 65.4 Å². The molecule has 1 amide bonds. The van der Waals surface area contributed by atoms with Gasteiger partial charge < -0.3 is 14.8 Å². The van der Waals surface area contributed by atoms with E-state index < -0.39 is 0 Å². The van der Waals surface area contributed by atoms with Gasteiger partial charge in [-0.1, -0.05) is 0 Å². The molecule has 6 heteroatoms. The van der Waals surface area contributed by atoms with Crippen LogP contribution in [-0.2, 0) is 24.8 Å². The zero-order valence-corrected chi connectivity index (χ0v) is 14.3. The average molecular weight is 317 g/mol. The summed E-state index contributed by atoms with van der Waals surface area (Å²) in [5.41, 5.74) is 3.75. The van der Waals surface area contributed by atoms with Crippen molar-refractivity contribution in [3.05, 3.63) is 40.7 Å². The van der Waals surface area contributed by atoms with Crippen LogP contribution in [0, 0.1) is 13.8 Å². The minimum atomic E-state index is -0.0472. The number of aromatic nitrogens is 2. The van der Waals surface area contributed by atoms with E-state index in [9.17, 15) is 4.79 Å². The molecule has 2 rings (SSSR count). The van der Waals surface area contributed by atoms with Crippen molar-refractivity contribution >= 4 is 5.91 Å². The summed E-state index contributed by atoms with van der Waals surface area (Å²) < 4.78 is 12.3. The molecule has 1 aromatic heterocycles. The number of carbonyl (C=O) groups excluding carboxylic acids is 1. The lowest BCUT2D eigenvalue weighted by Gasteiger charge is -2.11. The molecule has 1 aromatic carbocycles. The first-order chi connectivity index (χ1) is 11.0. The molecule has 0 fully saturated rings. The highest BCUT2D eigenvalue weighted by atomic mass is 16.5. The van der Waals surface area contributed by atoms with Gasteiger partial charge >= 0.3 is 0 Å². The summed E-state index contributed by atoms with van der Waals surface area (Å²) in [7, 11) is 5.10. The van der Waals surface area contributed by atoms with Crippen LogP contribution < -0.4 is 14.8 Å². The Morgan fingerprint density at radius 3 is 2.57 bits per heavy atom. The van der Waals surface area contributed by atoms with E-state index >= 15 is 0 Å². The number of aryl methyl sites for hydroxylation is 2. The van der Waals surface area contributed by atoms with Crippen molar-refractivity contribution in [3.8, 4) is 11.5 Å². The Balaban J connectivity index is 2.04. The summed E-state index contributed by atoms with van der Waals surface area (Å²) in [5, 5.41) is 7.26. The molecule has 0 radical (unpaired) electrons. The van der Waals surface area contributed by atoms with Gasteiger partial charge in [0.05, 0.1) is 26.3 Å². The van der Waals surface area contributed by atoms with Crippen molar-refractivity contribution in [2.45, 2.75) is 26.8 Å². The Bertz CT molecular complexity index is 707.